The second-order valence-corrected chi connectivity index (χ2v) is 6.55. The van der Waals surface area contributed by atoms with Gasteiger partial charge in [0.05, 0.1) is 6.54 Å². The first-order valence-electron chi connectivity index (χ1n) is 9.55. The van der Waals surface area contributed by atoms with E-state index in [9.17, 15) is 9.59 Å². The summed E-state index contributed by atoms with van der Waals surface area (Å²) < 4.78 is 0. The quantitative estimate of drug-likeness (QED) is 0.584. The largest absolute Gasteiger partial charge is 0.376 e. The molecule has 5 heteroatoms. The minimum Gasteiger partial charge on any atom is -0.376 e. The van der Waals surface area contributed by atoms with Crippen molar-refractivity contribution in [2.75, 3.05) is 23.7 Å². The fraction of sp³-hybridized carbons (Fsp3) is 0.364. The number of carbonyl (C=O) groups excluding carboxylic acids is 2. The zero-order valence-electron chi connectivity index (χ0n) is 16.4. The summed E-state index contributed by atoms with van der Waals surface area (Å²) in [6.45, 7) is 7.08. The second-order valence-electron chi connectivity index (χ2n) is 6.55. The Morgan fingerprint density at radius 3 is 2.41 bits per heavy atom. The summed E-state index contributed by atoms with van der Waals surface area (Å²) in [6, 6.07) is 13.1. The van der Waals surface area contributed by atoms with Gasteiger partial charge in [-0.25, -0.2) is 0 Å². The normalized spacial score (nSPS) is 10.3. The van der Waals surface area contributed by atoms with Crippen molar-refractivity contribution in [3.63, 3.8) is 0 Å². The van der Waals surface area contributed by atoms with Gasteiger partial charge in [-0.15, -0.1) is 0 Å². The Morgan fingerprint density at radius 2 is 1.74 bits per heavy atom. The van der Waals surface area contributed by atoms with E-state index in [-0.39, 0.29) is 18.4 Å². The molecule has 0 unspecified atom stereocenters. The third kappa shape index (κ3) is 6.13. The molecule has 2 aromatic rings. The van der Waals surface area contributed by atoms with Gasteiger partial charge < -0.3 is 16.0 Å². The summed E-state index contributed by atoms with van der Waals surface area (Å²) in [6.07, 6.45) is 2.92. The molecule has 3 N–H and O–H groups in total. The van der Waals surface area contributed by atoms with E-state index in [4.69, 9.17) is 0 Å². The minimum absolute atomic E-state index is 0.0883. The Morgan fingerprint density at radius 1 is 1.00 bits per heavy atom. The van der Waals surface area contributed by atoms with Crippen LogP contribution in [-0.2, 0) is 11.2 Å². The van der Waals surface area contributed by atoms with E-state index in [0.29, 0.717) is 17.8 Å². The zero-order chi connectivity index (χ0) is 19.6. The van der Waals surface area contributed by atoms with Crippen LogP contribution in [-0.4, -0.2) is 24.9 Å². The number of hydrogen-bond donors (Lipinski definition) is 3. The maximum Gasteiger partial charge on any atom is 0.251 e. The molecular formula is C22H29N3O2. The summed E-state index contributed by atoms with van der Waals surface area (Å²) >= 11 is 0. The first-order chi connectivity index (χ1) is 13.0. The number of benzene rings is 2. The molecule has 0 bridgehead atoms. The van der Waals surface area contributed by atoms with Crippen molar-refractivity contribution < 1.29 is 9.59 Å². The zero-order valence-corrected chi connectivity index (χ0v) is 16.4. The Bertz CT molecular complexity index is 770. The van der Waals surface area contributed by atoms with Crippen molar-refractivity contribution in [3.05, 3.63) is 59.2 Å². The number of anilines is 2. The lowest BCUT2D eigenvalue weighted by Crippen LogP contribution is -2.24. The third-order valence-electron chi connectivity index (χ3n) is 4.41. The van der Waals surface area contributed by atoms with E-state index in [1.165, 1.54) is 5.56 Å². The number of hydrogen-bond acceptors (Lipinski definition) is 3. The molecule has 2 aromatic carbocycles. The highest BCUT2D eigenvalue weighted by Gasteiger charge is 2.08. The van der Waals surface area contributed by atoms with Crippen molar-refractivity contribution in [2.45, 2.75) is 40.0 Å². The lowest BCUT2D eigenvalue weighted by Gasteiger charge is -2.14. The number of para-hydroxylation sites is 1. The molecule has 2 rings (SSSR count). The van der Waals surface area contributed by atoms with Gasteiger partial charge in [0.1, 0.15) is 0 Å². The molecule has 0 spiro atoms. The van der Waals surface area contributed by atoms with Gasteiger partial charge in [-0.3, -0.25) is 9.59 Å². The topological polar surface area (TPSA) is 70.2 Å². The van der Waals surface area contributed by atoms with Crippen LogP contribution >= 0.6 is 0 Å². The number of unbranched alkanes of at least 4 members (excludes halogenated alkanes) is 1. The highest BCUT2D eigenvalue weighted by molar-refractivity contribution is 5.96. The Kier molecular flexibility index (Phi) is 7.86. The molecule has 0 aliphatic carbocycles. The van der Waals surface area contributed by atoms with Crippen LogP contribution in [0, 0.1) is 6.92 Å². The predicted octanol–water partition coefficient (Wildman–Crippen LogP) is 4.14. The SMILES string of the molecule is CCCCNC(=O)c1ccc(NC(=O)CNc2c(C)cccc2CC)cc1. The highest BCUT2D eigenvalue weighted by atomic mass is 16.2. The van der Waals surface area contributed by atoms with Crippen LogP contribution in [0.1, 0.15) is 48.2 Å². The molecule has 0 aromatic heterocycles. The van der Waals surface area contributed by atoms with Gasteiger partial charge >= 0.3 is 0 Å². The van der Waals surface area contributed by atoms with Crippen LogP contribution in [0.2, 0.25) is 0 Å². The van der Waals surface area contributed by atoms with E-state index >= 15 is 0 Å². The van der Waals surface area contributed by atoms with E-state index < -0.39 is 0 Å². The van der Waals surface area contributed by atoms with Crippen LogP contribution in [0.25, 0.3) is 0 Å². The van der Waals surface area contributed by atoms with E-state index in [0.717, 1.165) is 30.5 Å². The van der Waals surface area contributed by atoms with Crippen molar-refractivity contribution in [3.8, 4) is 0 Å². The molecule has 0 aliphatic heterocycles. The predicted molar refractivity (Wildman–Crippen MR) is 111 cm³/mol. The molecule has 0 saturated heterocycles. The highest BCUT2D eigenvalue weighted by Crippen LogP contribution is 2.20. The fourth-order valence-electron chi connectivity index (χ4n) is 2.84. The van der Waals surface area contributed by atoms with Crippen LogP contribution < -0.4 is 16.0 Å². The summed E-state index contributed by atoms with van der Waals surface area (Å²) in [5.41, 5.74) is 4.61. The summed E-state index contributed by atoms with van der Waals surface area (Å²) in [4.78, 5) is 24.2. The molecule has 5 nitrogen and oxygen atoms in total. The number of aryl methyl sites for hydroxylation is 2. The van der Waals surface area contributed by atoms with E-state index in [1.54, 1.807) is 24.3 Å². The second kappa shape index (κ2) is 10.4. The van der Waals surface area contributed by atoms with E-state index in [2.05, 4.69) is 35.9 Å². The van der Waals surface area contributed by atoms with Crippen LogP contribution in [0.3, 0.4) is 0 Å². The molecule has 144 valence electrons. The third-order valence-corrected chi connectivity index (χ3v) is 4.41. The first kappa shape index (κ1) is 20.5. The van der Waals surface area contributed by atoms with E-state index in [1.807, 2.05) is 19.1 Å². The van der Waals surface area contributed by atoms with Crippen LogP contribution in [0.4, 0.5) is 11.4 Å². The molecular weight excluding hydrogens is 338 g/mol. The lowest BCUT2D eigenvalue weighted by atomic mass is 10.1. The number of nitrogens with one attached hydrogen (secondary N) is 3. The number of rotatable bonds is 9. The molecule has 0 heterocycles. The van der Waals surface area contributed by atoms with Gasteiger partial charge in [-0.05, 0) is 55.2 Å². The van der Waals surface area contributed by atoms with Crippen molar-refractivity contribution in [1.82, 2.24) is 5.32 Å². The molecule has 0 aliphatic rings. The smallest absolute Gasteiger partial charge is 0.251 e. The van der Waals surface area contributed by atoms with Gasteiger partial charge in [0, 0.05) is 23.5 Å². The Balaban J connectivity index is 1.88. The summed E-state index contributed by atoms with van der Waals surface area (Å²) in [7, 11) is 0. The lowest BCUT2D eigenvalue weighted by molar-refractivity contribution is -0.114. The molecule has 0 radical (unpaired) electrons. The minimum atomic E-state index is -0.125. The Labute approximate surface area is 161 Å². The van der Waals surface area contributed by atoms with Gasteiger partial charge in [-0.1, -0.05) is 38.5 Å². The maximum atomic E-state index is 12.2. The van der Waals surface area contributed by atoms with Crippen molar-refractivity contribution in [2.24, 2.45) is 0 Å². The number of carbonyl (C=O) groups is 2. The molecule has 2 amide bonds. The van der Waals surface area contributed by atoms with Gasteiger partial charge in [0.25, 0.3) is 5.91 Å². The van der Waals surface area contributed by atoms with Crippen molar-refractivity contribution in [1.29, 1.82) is 0 Å². The van der Waals surface area contributed by atoms with Crippen molar-refractivity contribution >= 4 is 23.2 Å². The number of amides is 2. The summed E-state index contributed by atoms with van der Waals surface area (Å²) in [5, 5.41) is 8.97. The molecule has 27 heavy (non-hydrogen) atoms. The van der Waals surface area contributed by atoms with Gasteiger partial charge in [-0.2, -0.15) is 0 Å². The average molecular weight is 367 g/mol. The fourth-order valence-corrected chi connectivity index (χ4v) is 2.84. The summed E-state index contributed by atoms with van der Waals surface area (Å²) in [5.74, 6) is -0.213. The molecule has 0 saturated carbocycles. The van der Waals surface area contributed by atoms with Gasteiger partial charge in [0.2, 0.25) is 5.91 Å². The Hall–Kier alpha value is -2.82. The maximum absolute atomic E-state index is 12.2. The van der Waals surface area contributed by atoms with Gasteiger partial charge in [0.15, 0.2) is 0 Å². The molecule has 0 atom stereocenters. The molecule has 0 fully saturated rings. The van der Waals surface area contributed by atoms with Crippen LogP contribution in [0.15, 0.2) is 42.5 Å². The standard InChI is InChI=1S/C22H29N3O2/c1-4-6-14-23-22(27)18-10-12-19(13-11-18)25-20(26)15-24-21-16(3)8-7-9-17(21)5-2/h7-13,24H,4-6,14-15H2,1-3H3,(H,23,27)(H,25,26). The average Bonchev–Trinajstić information content (AvgIpc) is 2.67. The monoisotopic (exact) mass is 367 g/mol. The van der Waals surface area contributed by atoms with Crippen LogP contribution in [0.5, 0.6) is 0 Å². The first-order valence-corrected chi connectivity index (χ1v) is 9.55.